The van der Waals surface area contributed by atoms with Gasteiger partial charge in [0.1, 0.15) is 11.2 Å². The largest absolute Gasteiger partial charge is 0.456 e. The van der Waals surface area contributed by atoms with Gasteiger partial charge in [-0.15, -0.1) is 0 Å². The van der Waals surface area contributed by atoms with Crippen LogP contribution in [0.5, 0.6) is 0 Å². The predicted octanol–water partition coefficient (Wildman–Crippen LogP) is 13.7. The molecule has 11 rings (SSSR count). The molecule has 0 bridgehead atoms. The number of furan rings is 1. The van der Waals surface area contributed by atoms with E-state index in [1.54, 1.807) is 0 Å². The molecule has 0 aliphatic carbocycles. The Morgan fingerprint density at radius 1 is 0.321 bits per heavy atom. The van der Waals surface area contributed by atoms with Crippen LogP contribution in [-0.2, 0) is 0 Å². The Hall–Kier alpha value is -7.10. The summed E-state index contributed by atoms with van der Waals surface area (Å²) < 4.78 is 6.17. The first-order chi connectivity index (χ1) is 26.3. The third-order valence-corrected chi connectivity index (χ3v) is 10.7. The molecule has 0 amide bonds. The Labute approximate surface area is 305 Å². The van der Waals surface area contributed by atoms with Gasteiger partial charge >= 0.3 is 0 Å². The topological polar surface area (TPSA) is 38.9 Å². The number of nitrogens with zero attached hydrogens (tertiary/aromatic N) is 2. The molecular formula is C50H30N2O. The summed E-state index contributed by atoms with van der Waals surface area (Å²) in [5, 5.41) is 12.0. The first kappa shape index (κ1) is 29.6. The number of fused-ring (bicyclic) bond motifs is 8. The molecule has 11 aromatic rings. The molecule has 0 aliphatic rings. The van der Waals surface area contributed by atoms with Gasteiger partial charge in [0.25, 0.3) is 0 Å². The molecule has 9 aromatic carbocycles. The summed E-state index contributed by atoms with van der Waals surface area (Å²) in [6.07, 6.45) is 0. The molecule has 0 saturated heterocycles. The Morgan fingerprint density at radius 3 is 1.81 bits per heavy atom. The van der Waals surface area contributed by atoms with E-state index in [2.05, 4.69) is 152 Å². The number of hydrogen-bond acceptors (Lipinski definition) is 3. The van der Waals surface area contributed by atoms with Crippen molar-refractivity contribution in [2.45, 2.75) is 0 Å². The van der Waals surface area contributed by atoms with Crippen LogP contribution in [0.15, 0.2) is 186 Å². The van der Waals surface area contributed by atoms with Gasteiger partial charge < -0.3 is 4.42 Å². The van der Waals surface area contributed by atoms with Crippen molar-refractivity contribution in [3.63, 3.8) is 0 Å². The first-order valence-corrected chi connectivity index (χ1v) is 18.0. The van der Waals surface area contributed by atoms with Gasteiger partial charge in [-0.05, 0) is 90.6 Å². The van der Waals surface area contributed by atoms with Gasteiger partial charge in [-0.3, -0.25) is 0 Å². The zero-order valence-corrected chi connectivity index (χ0v) is 28.6. The smallest absolute Gasteiger partial charge is 0.160 e. The van der Waals surface area contributed by atoms with Crippen molar-refractivity contribution in [1.82, 2.24) is 9.97 Å². The van der Waals surface area contributed by atoms with E-state index in [1.165, 1.54) is 48.8 Å². The third kappa shape index (κ3) is 4.75. The van der Waals surface area contributed by atoms with Crippen molar-refractivity contribution in [3.05, 3.63) is 182 Å². The van der Waals surface area contributed by atoms with Gasteiger partial charge in [0.05, 0.1) is 11.4 Å². The molecule has 246 valence electrons. The molecule has 0 N–H and O–H groups in total. The van der Waals surface area contributed by atoms with Crippen LogP contribution in [0.2, 0.25) is 0 Å². The Morgan fingerprint density at radius 2 is 0.962 bits per heavy atom. The van der Waals surface area contributed by atoms with E-state index in [4.69, 9.17) is 14.4 Å². The van der Waals surface area contributed by atoms with Crippen LogP contribution in [0, 0.1) is 0 Å². The molecule has 0 atom stereocenters. The van der Waals surface area contributed by atoms with Crippen LogP contribution >= 0.6 is 0 Å². The normalized spacial score (nSPS) is 11.8. The Balaban J connectivity index is 1.16. The number of para-hydroxylation sites is 1. The highest BCUT2D eigenvalue weighted by Crippen LogP contribution is 2.44. The van der Waals surface area contributed by atoms with Gasteiger partial charge in [-0.25, -0.2) is 9.97 Å². The molecule has 53 heavy (non-hydrogen) atoms. The first-order valence-electron chi connectivity index (χ1n) is 18.0. The zero-order chi connectivity index (χ0) is 34.9. The molecular weight excluding hydrogens is 645 g/mol. The van der Waals surface area contributed by atoms with Gasteiger partial charge in [0.2, 0.25) is 0 Å². The third-order valence-electron chi connectivity index (χ3n) is 10.7. The lowest BCUT2D eigenvalue weighted by atomic mass is 9.86. The summed E-state index contributed by atoms with van der Waals surface area (Å²) in [5.74, 6) is 0.690. The van der Waals surface area contributed by atoms with Crippen molar-refractivity contribution in [2.75, 3.05) is 0 Å². The second kappa shape index (κ2) is 11.7. The van der Waals surface area contributed by atoms with Crippen LogP contribution in [0.3, 0.4) is 0 Å². The van der Waals surface area contributed by atoms with E-state index in [-0.39, 0.29) is 0 Å². The average molecular weight is 675 g/mol. The maximum Gasteiger partial charge on any atom is 0.160 e. The lowest BCUT2D eigenvalue weighted by Crippen LogP contribution is -1.97. The SMILES string of the molecule is c1ccc(-c2nc(-c3ccc4oc5ccccc5c4c3)cc(-c3ccc(-c4c5ccccc5cc5c4ccc4ccccc45)c4ccccc34)n2)cc1. The molecule has 2 heterocycles. The van der Waals surface area contributed by atoms with Crippen molar-refractivity contribution in [1.29, 1.82) is 0 Å². The molecule has 0 radical (unpaired) electrons. The zero-order valence-electron chi connectivity index (χ0n) is 28.6. The summed E-state index contributed by atoms with van der Waals surface area (Å²) in [6, 6.07) is 64.6. The summed E-state index contributed by atoms with van der Waals surface area (Å²) >= 11 is 0. The summed E-state index contributed by atoms with van der Waals surface area (Å²) in [5.41, 5.74) is 8.99. The highest BCUT2D eigenvalue weighted by atomic mass is 16.3. The fourth-order valence-corrected chi connectivity index (χ4v) is 8.19. The fraction of sp³-hybridized carbons (Fsp3) is 0. The van der Waals surface area contributed by atoms with Crippen molar-refractivity contribution >= 4 is 65.0 Å². The maximum absolute atomic E-state index is 6.17. The highest BCUT2D eigenvalue weighted by Gasteiger charge is 2.19. The van der Waals surface area contributed by atoms with E-state index in [0.29, 0.717) is 5.82 Å². The van der Waals surface area contributed by atoms with Gasteiger partial charge in [0.15, 0.2) is 5.82 Å². The van der Waals surface area contributed by atoms with Crippen LogP contribution in [-0.4, -0.2) is 9.97 Å². The van der Waals surface area contributed by atoms with E-state index < -0.39 is 0 Å². The standard InChI is InChI=1S/C50H30N2O/c1-2-13-32(14-3-1)50-51-45(34-23-27-48-44(29-34)40-20-10-11-21-47(40)53-48)30-46(52-50)39-25-26-41(38-19-9-8-18-37(38)39)49-36-17-7-5-15-33(36)28-43-35-16-6-4-12-31(35)22-24-42(43)49/h1-30H. The van der Waals surface area contributed by atoms with E-state index in [0.717, 1.165) is 55.4 Å². The molecule has 3 nitrogen and oxygen atoms in total. The minimum atomic E-state index is 0.690. The van der Waals surface area contributed by atoms with Crippen molar-refractivity contribution in [3.8, 4) is 45.0 Å². The number of rotatable bonds is 4. The monoisotopic (exact) mass is 674 g/mol. The quantitative estimate of drug-likeness (QED) is 0.138. The summed E-state index contributed by atoms with van der Waals surface area (Å²) in [6.45, 7) is 0. The van der Waals surface area contributed by atoms with Crippen molar-refractivity contribution < 1.29 is 4.42 Å². The van der Waals surface area contributed by atoms with Crippen molar-refractivity contribution in [2.24, 2.45) is 0 Å². The van der Waals surface area contributed by atoms with Crippen LogP contribution in [0.4, 0.5) is 0 Å². The fourth-order valence-electron chi connectivity index (χ4n) is 8.19. The number of benzene rings is 9. The lowest BCUT2D eigenvalue weighted by molar-refractivity contribution is 0.669. The highest BCUT2D eigenvalue weighted by molar-refractivity contribution is 6.23. The van der Waals surface area contributed by atoms with E-state index in [1.807, 2.05) is 30.3 Å². The van der Waals surface area contributed by atoms with Gasteiger partial charge in [-0.2, -0.15) is 0 Å². The lowest BCUT2D eigenvalue weighted by Gasteiger charge is -2.17. The van der Waals surface area contributed by atoms with E-state index in [9.17, 15) is 0 Å². The Kier molecular flexibility index (Phi) is 6.55. The molecule has 0 aliphatic heterocycles. The summed E-state index contributed by atoms with van der Waals surface area (Å²) in [4.78, 5) is 10.4. The van der Waals surface area contributed by atoms with Crippen LogP contribution < -0.4 is 0 Å². The maximum atomic E-state index is 6.17. The molecule has 0 unspecified atom stereocenters. The number of aromatic nitrogens is 2. The molecule has 2 aromatic heterocycles. The Bertz CT molecular complexity index is 3230. The van der Waals surface area contributed by atoms with Crippen LogP contribution in [0.1, 0.15) is 0 Å². The second-order valence-corrected chi connectivity index (χ2v) is 13.7. The average Bonchev–Trinajstić information content (AvgIpc) is 3.61. The molecule has 0 saturated carbocycles. The van der Waals surface area contributed by atoms with Gasteiger partial charge in [0, 0.05) is 27.5 Å². The van der Waals surface area contributed by atoms with E-state index >= 15 is 0 Å². The summed E-state index contributed by atoms with van der Waals surface area (Å²) in [7, 11) is 0. The molecule has 3 heteroatoms. The van der Waals surface area contributed by atoms with Gasteiger partial charge in [-0.1, -0.05) is 146 Å². The minimum absolute atomic E-state index is 0.690. The van der Waals surface area contributed by atoms with Crippen LogP contribution in [0.25, 0.3) is 110 Å². The second-order valence-electron chi connectivity index (χ2n) is 13.7. The minimum Gasteiger partial charge on any atom is -0.456 e. The number of hydrogen-bond donors (Lipinski definition) is 0. The molecule has 0 fully saturated rings. The predicted molar refractivity (Wildman–Crippen MR) is 221 cm³/mol. The molecule has 0 spiro atoms.